The number of fused-ring (bicyclic) bond motifs is 1. The van der Waals surface area contributed by atoms with Crippen LogP contribution in [0.15, 0.2) is 42.6 Å². The maximum atomic E-state index is 12.9. The van der Waals surface area contributed by atoms with E-state index in [4.69, 9.17) is 15.5 Å². The van der Waals surface area contributed by atoms with E-state index in [1.807, 2.05) is 44.3 Å². The van der Waals surface area contributed by atoms with Crippen LogP contribution in [0.1, 0.15) is 46.9 Å². The highest BCUT2D eigenvalue weighted by molar-refractivity contribution is 6.00. The Labute approximate surface area is 175 Å². The Hall–Kier alpha value is -3.39. The molecule has 0 atom stereocenters. The molecule has 0 radical (unpaired) electrons. The first-order valence-corrected chi connectivity index (χ1v) is 9.82. The highest BCUT2D eigenvalue weighted by atomic mass is 16.5. The van der Waals surface area contributed by atoms with Crippen LogP contribution in [0.2, 0.25) is 0 Å². The topological polar surface area (TPSA) is 111 Å². The second-order valence-electron chi connectivity index (χ2n) is 7.25. The first kappa shape index (κ1) is 21.3. The number of amides is 1. The van der Waals surface area contributed by atoms with E-state index >= 15 is 0 Å². The first-order valence-electron chi connectivity index (χ1n) is 9.82. The van der Waals surface area contributed by atoms with E-state index in [9.17, 15) is 9.59 Å². The van der Waals surface area contributed by atoms with Crippen molar-refractivity contribution in [3.63, 3.8) is 0 Å². The highest BCUT2D eigenvalue weighted by Crippen LogP contribution is 2.27. The van der Waals surface area contributed by atoms with Gasteiger partial charge < -0.3 is 21.1 Å². The number of nitrogens with one attached hydrogen (secondary N) is 2. The Balaban J connectivity index is 1.88. The van der Waals surface area contributed by atoms with Crippen LogP contribution in [0.5, 0.6) is 0 Å². The maximum Gasteiger partial charge on any atom is 0.325 e. The monoisotopic (exact) mass is 409 g/mol. The molecule has 2 heterocycles. The zero-order chi connectivity index (χ0) is 21.7. The third-order valence-corrected chi connectivity index (χ3v) is 4.78. The first-order chi connectivity index (χ1) is 14.4. The Kier molecular flexibility index (Phi) is 6.68. The lowest BCUT2D eigenvalue weighted by Crippen LogP contribution is -2.23. The van der Waals surface area contributed by atoms with Crippen LogP contribution in [0.4, 0.5) is 5.82 Å². The minimum atomic E-state index is -0.381. The predicted octanol–water partition coefficient (Wildman–Crippen LogP) is 2.43. The number of esters is 1. The smallest absolute Gasteiger partial charge is 0.325 e. The Bertz CT molecular complexity index is 1060. The number of pyridine rings is 1. The van der Waals surface area contributed by atoms with E-state index in [0.717, 1.165) is 16.8 Å². The normalized spacial score (nSPS) is 11.0. The summed E-state index contributed by atoms with van der Waals surface area (Å²) in [5.41, 5.74) is 9.44. The van der Waals surface area contributed by atoms with Gasteiger partial charge in [0.2, 0.25) is 0 Å². The van der Waals surface area contributed by atoms with Crippen LogP contribution < -0.4 is 16.4 Å². The van der Waals surface area contributed by atoms with Crippen molar-refractivity contribution < 1.29 is 14.3 Å². The minimum Gasteiger partial charge on any atom is -0.468 e. The van der Waals surface area contributed by atoms with Gasteiger partial charge in [-0.25, -0.2) is 4.98 Å². The number of rotatable bonds is 8. The van der Waals surface area contributed by atoms with Gasteiger partial charge in [-0.05, 0) is 29.2 Å². The predicted molar refractivity (Wildman–Crippen MR) is 115 cm³/mol. The number of hydrogen-bond acceptors (Lipinski definition) is 6. The molecule has 0 aliphatic carbocycles. The van der Waals surface area contributed by atoms with Crippen molar-refractivity contribution in [2.24, 2.45) is 5.73 Å². The van der Waals surface area contributed by atoms with Crippen molar-refractivity contribution in [1.82, 2.24) is 14.7 Å². The van der Waals surface area contributed by atoms with Gasteiger partial charge in [0.25, 0.3) is 5.91 Å². The third kappa shape index (κ3) is 4.60. The van der Waals surface area contributed by atoms with E-state index in [-0.39, 0.29) is 24.3 Å². The van der Waals surface area contributed by atoms with Crippen LogP contribution in [-0.4, -0.2) is 34.9 Å². The van der Waals surface area contributed by atoms with Gasteiger partial charge in [0.05, 0.1) is 18.4 Å². The Morgan fingerprint density at radius 1 is 1.20 bits per heavy atom. The molecule has 0 fully saturated rings. The molecule has 0 aliphatic heterocycles. The van der Waals surface area contributed by atoms with Gasteiger partial charge in [-0.2, -0.15) is 0 Å². The van der Waals surface area contributed by atoms with Gasteiger partial charge in [-0.3, -0.25) is 14.0 Å². The number of ether oxygens (including phenoxy) is 1. The number of methoxy groups -OCH3 is 1. The average molecular weight is 409 g/mol. The molecule has 1 amide bonds. The number of hydrogen-bond donors (Lipinski definition) is 3. The molecule has 0 aliphatic rings. The molecule has 2 aromatic heterocycles. The molecular weight excluding hydrogens is 382 g/mol. The largest absolute Gasteiger partial charge is 0.468 e. The van der Waals surface area contributed by atoms with Gasteiger partial charge in [0.1, 0.15) is 12.4 Å². The summed E-state index contributed by atoms with van der Waals surface area (Å²) in [6.07, 6.45) is 1.81. The average Bonchev–Trinajstić information content (AvgIpc) is 3.14. The summed E-state index contributed by atoms with van der Waals surface area (Å²) in [6.45, 7) is 4.87. The van der Waals surface area contributed by atoms with Crippen molar-refractivity contribution in [3.8, 4) is 0 Å². The molecule has 4 N–H and O–H groups in total. The second kappa shape index (κ2) is 9.41. The summed E-state index contributed by atoms with van der Waals surface area (Å²) in [5, 5.41) is 6.04. The van der Waals surface area contributed by atoms with Crippen LogP contribution in [-0.2, 0) is 22.6 Å². The molecule has 0 spiro atoms. The molecular formula is C22H27N5O3. The summed E-state index contributed by atoms with van der Waals surface area (Å²) in [4.78, 5) is 29.2. The fourth-order valence-electron chi connectivity index (χ4n) is 3.21. The van der Waals surface area contributed by atoms with Gasteiger partial charge in [-0.1, -0.05) is 38.1 Å². The summed E-state index contributed by atoms with van der Waals surface area (Å²) >= 11 is 0. The fraction of sp³-hybridized carbons (Fsp3) is 0.318. The van der Waals surface area contributed by atoms with Crippen LogP contribution in [0.25, 0.3) is 5.65 Å². The molecule has 158 valence electrons. The van der Waals surface area contributed by atoms with Crippen molar-refractivity contribution in [3.05, 3.63) is 65.0 Å². The van der Waals surface area contributed by atoms with Gasteiger partial charge in [0.15, 0.2) is 5.65 Å². The molecule has 0 unspecified atom stereocenters. The third-order valence-electron chi connectivity index (χ3n) is 4.78. The zero-order valence-corrected chi connectivity index (χ0v) is 17.4. The van der Waals surface area contributed by atoms with E-state index in [0.29, 0.717) is 30.1 Å². The SMILES string of the molecule is COC(=O)CNc1c(C(C)C)nc2c(C(=O)NCc3cccc(CN)c3)cccn12. The number of benzene rings is 1. The van der Waals surface area contributed by atoms with Crippen molar-refractivity contribution in [2.75, 3.05) is 19.0 Å². The summed E-state index contributed by atoms with van der Waals surface area (Å²) in [5.74, 6) is 0.169. The van der Waals surface area contributed by atoms with Gasteiger partial charge >= 0.3 is 5.97 Å². The summed E-state index contributed by atoms with van der Waals surface area (Å²) < 4.78 is 6.50. The summed E-state index contributed by atoms with van der Waals surface area (Å²) in [6, 6.07) is 11.3. The van der Waals surface area contributed by atoms with E-state index in [1.165, 1.54) is 7.11 Å². The minimum absolute atomic E-state index is 0.0118. The number of imidazole rings is 1. The zero-order valence-electron chi connectivity index (χ0n) is 17.4. The molecule has 0 saturated carbocycles. The molecule has 1 aromatic carbocycles. The van der Waals surface area contributed by atoms with Crippen LogP contribution in [0, 0.1) is 0 Å². The number of anilines is 1. The maximum absolute atomic E-state index is 12.9. The number of nitrogens with two attached hydrogens (primary N) is 1. The number of aromatic nitrogens is 2. The molecule has 3 rings (SSSR count). The number of carbonyl (C=O) groups excluding carboxylic acids is 2. The van der Waals surface area contributed by atoms with E-state index in [1.54, 1.807) is 16.5 Å². The second-order valence-corrected chi connectivity index (χ2v) is 7.25. The highest BCUT2D eigenvalue weighted by Gasteiger charge is 2.20. The fourth-order valence-corrected chi connectivity index (χ4v) is 3.21. The summed E-state index contributed by atoms with van der Waals surface area (Å²) in [7, 11) is 1.34. The quantitative estimate of drug-likeness (QED) is 0.493. The molecule has 8 nitrogen and oxygen atoms in total. The number of nitrogens with zero attached hydrogens (tertiary/aromatic N) is 2. The van der Waals surface area contributed by atoms with E-state index < -0.39 is 0 Å². The molecule has 0 saturated heterocycles. The van der Waals surface area contributed by atoms with Crippen LogP contribution >= 0.6 is 0 Å². The lowest BCUT2D eigenvalue weighted by atomic mass is 10.1. The lowest BCUT2D eigenvalue weighted by Gasteiger charge is -2.10. The molecule has 3 aromatic rings. The standard InChI is InChI=1S/C22H27N5O3/c1-14(2)19-21(24-13-18(28)30-3)27-9-5-8-17(20(27)26-19)22(29)25-12-16-7-4-6-15(10-16)11-23/h4-10,14,24H,11-13,23H2,1-3H3,(H,25,29). The lowest BCUT2D eigenvalue weighted by molar-refractivity contribution is -0.138. The molecule has 0 bridgehead atoms. The van der Waals surface area contributed by atoms with Crippen LogP contribution in [0.3, 0.4) is 0 Å². The Morgan fingerprint density at radius 2 is 1.97 bits per heavy atom. The van der Waals surface area contributed by atoms with Crippen molar-refractivity contribution in [1.29, 1.82) is 0 Å². The number of carbonyl (C=O) groups is 2. The Morgan fingerprint density at radius 3 is 2.67 bits per heavy atom. The van der Waals surface area contributed by atoms with Gasteiger partial charge in [0, 0.05) is 19.3 Å². The molecule has 8 heteroatoms. The van der Waals surface area contributed by atoms with Crippen molar-refractivity contribution in [2.45, 2.75) is 32.9 Å². The molecule has 30 heavy (non-hydrogen) atoms. The van der Waals surface area contributed by atoms with E-state index in [2.05, 4.69) is 10.6 Å². The van der Waals surface area contributed by atoms with Crippen molar-refractivity contribution >= 4 is 23.3 Å². The van der Waals surface area contributed by atoms with Gasteiger partial charge in [-0.15, -0.1) is 0 Å².